The van der Waals surface area contributed by atoms with Crippen molar-refractivity contribution in [1.82, 2.24) is 0 Å². The van der Waals surface area contributed by atoms with Gasteiger partial charge in [0.25, 0.3) is 0 Å². The Hall–Kier alpha value is -0.900. The fraction of sp³-hybridized carbons (Fsp3) is 0.533. The quantitative estimate of drug-likeness (QED) is 0.842. The van der Waals surface area contributed by atoms with Gasteiger partial charge in [-0.15, -0.1) is 0 Å². The Kier molecular flexibility index (Phi) is 4.97. The van der Waals surface area contributed by atoms with E-state index in [1.165, 1.54) is 6.92 Å². The average molecular weight is 283 g/mol. The first-order valence-corrected chi connectivity index (χ1v) is 6.99. The summed E-state index contributed by atoms with van der Waals surface area (Å²) >= 11 is 6.21. The number of carbonyl (C=O) groups is 1. The van der Waals surface area contributed by atoms with Crippen LogP contribution in [-0.2, 0) is 14.3 Å². The van der Waals surface area contributed by atoms with Gasteiger partial charge in [-0.05, 0) is 44.7 Å². The van der Waals surface area contributed by atoms with E-state index in [2.05, 4.69) is 0 Å². The van der Waals surface area contributed by atoms with Gasteiger partial charge in [0.2, 0.25) is 0 Å². The number of ketones is 1. The minimum atomic E-state index is -0.642. The molecule has 1 aliphatic rings. The molecule has 2 unspecified atom stereocenters. The lowest BCUT2D eigenvalue weighted by Gasteiger charge is -2.27. The maximum absolute atomic E-state index is 11.8. The van der Waals surface area contributed by atoms with Gasteiger partial charge >= 0.3 is 0 Å². The number of aryl methyl sites for hydroxylation is 1. The van der Waals surface area contributed by atoms with E-state index in [1.807, 2.05) is 25.1 Å². The molecule has 0 spiro atoms. The zero-order valence-electron chi connectivity index (χ0n) is 11.3. The SMILES string of the molecule is CC(=O)C(OC1CCCCO1)c1ccc(C)cc1Cl. The molecule has 0 aliphatic carbocycles. The zero-order chi connectivity index (χ0) is 13.8. The van der Waals surface area contributed by atoms with Gasteiger partial charge in [-0.1, -0.05) is 23.7 Å². The number of hydrogen-bond donors (Lipinski definition) is 0. The normalized spacial score (nSPS) is 21.1. The molecule has 0 amide bonds. The van der Waals surface area contributed by atoms with E-state index in [0.29, 0.717) is 17.2 Å². The summed E-state index contributed by atoms with van der Waals surface area (Å²) in [4.78, 5) is 11.8. The first-order chi connectivity index (χ1) is 9.08. The Morgan fingerprint density at radius 1 is 1.47 bits per heavy atom. The Balaban J connectivity index is 2.17. The Morgan fingerprint density at radius 2 is 2.26 bits per heavy atom. The zero-order valence-corrected chi connectivity index (χ0v) is 12.1. The summed E-state index contributed by atoms with van der Waals surface area (Å²) in [7, 11) is 0. The predicted octanol–water partition coefficient (Wildman–Crippen LogP) is 3.82. The summed E-state index contributed by atoms with van der Waals surface area (Å²) in [6.45, 7) is 4.17. The van der Waals surface area contributed by atoms with Crippen molar-refractivity contribution in [3.8, 4) is 0 Å². The molecule has 19 heavy (non-hydrogen) atoms. The lowest BCUT2D eigenvalue weighted by Crippen LogP contribution is -2.27. The molecule has 0 saturated carbocycles. The van der Waals surface area contributed by atoms with E-state index in [1.54, 1.807) is 0 Å². The van der Waals surface area contributed by atoms with Crippen molar-refractivity contribution in [2.45, 2.75) is 45.5 Å². The molecule has 2 rings (SSSR count). The molecule has 4 heteroatoms. The molecular formula is C15H19ClO3. The highest BCUT2D eigenvalue weighted by atomic mass is 35.5. The standard InChI is InChI=1S/C15H19ClO3/c1-10-6-7-12(13(16)9-10)15(11(2)17)19-14-5-3-4-8-18-14/h6-7,9,14-15H,3-5,8H2,1-2H3. The summed E-state index contributed by atoms with van der Waals surface area (Å²) < 4.78 is 11.3. The average Bonchev–Trinajstić information content (AvgIpc) is 2.38. The number of Topliss-reactive ketones (excluding diaryl/α,β-unsaturated/α-hetero) is 1. The first-order valence-electron chi connectivity index (χ1n) is 6.61. The fourth-order valence-corrected chi connectivity index (χ4v) is 2.54. The van der Waals surface area contributed by atoms with Crippen molar-refractivity contribution >= 4 is 17.4 Å². The van der Waals surface area contributed by atoms with Gasteiger partial charge in [-0.2, -0.15) is 0 Å². The van der Waals surface area contributed by atoms with Gasteiger partial charge in [0, 0.05) is 17.2 Å². The van der Waals surface area contributed by atoms with E-state index in [4.69, 9.17) is 21.1 Å². The summed E-state index contributed by atoms with van der Waals surface area (Å²) in [6, 6.07) is 5.63. The molecule has 0 bridgehead atoms. The van der Waals surface area contributed by atoms with Gasteiger partial charge in [0.05, 0.1) is 0 Å². The van der Waals surface area contributed by atoms with Gasteiger partial charge in [-0.3, -0.25) is 4.79 Å². The molecule has 1 saturated heterocycles. The number of carbonyl (C=O) groups excluding carboxylic acids is 1. The minimum absolute atomic E-state index is 0.0556. The molecule has 0 aromatic heterocycles. The van der Waals surface area contributed by atoms with Crippen molar-refractivity contribution in [3.05, 3.63) is 34.3 Å². The molecule has 1 aromatic rings. The summed E-state index contributed by atoms with van der Waals surface area (Å²) in [5.41, 5.74) is 1.78. The Labute approximate surface area is 118 Å². The molecule has 2 atom stereocenters. The van der Waals surface area contributed by atoms with E-state index >= 15 is 0 Å². The maximum atomic E-state index is 11.8. The van der Waals surface area contributed by atoms with Crippen LogP contribution in [0.5, 0.6) is 0 Å². The van der Waals surface area contributed by atoms with Crippen LogP contribution in [0.15, 0.2) is 18.2 Å². The smallest absolute Gasteiger partial charge is 0.163 e. The van der Waals surface area contributed by atoms with Crippen LogP contribution in [-0.4, -0.2) is 18.7 Å². The first kappa shape index (κ1) is 14.5. The highest BCUT2D eigenvalue weighted by Crippen LogP contribution is 2.30. The fourth-order valence-electron chi connectivity index (χ4n) is 2.20. The molecule has 104 valence electrons. The molecule has 1 aromatic carbocycles. The summed E-state index contributed by atoms with van der Waals surface area (Å²) in [5, 5.41) is 0.566. The van der Waals surface area contributed by atoms with Gasteiger partial charge < -0.3 is 9.47 Å². The van der Waals surface area contributed by atoms with Crippen LogP contribution < -0.4 is 0 Å². The van der Waals surface area contributed by atoms with E-state index < -0.39 is 6.10 Å². The van der Waals surface area contributed by atoms with E-state index in [-0.39, 0.29) is 12.1 Å². The van der Waals surface area contributed by atoms with Crippen molar-refractivity contribution in [1.29, 1.82) is 0 Å². The van der Waals surface area contributed by atoms with Crippen LogP contribution in [0.1, 0.15) is 43.4 Å². The van der Waals surface area contributed by atoms with Crippen LogP contribution in [0.25, 0.3) is 0 Å². The monoisotopic (exact) mass is 282 g/mol. The van der Waals surface area contributed by atoms with Gasteiger partial charge in [0.1, 0.15) is 6.10 Å². The molecule has 3 nitrogen and oxygen atoms in total. The second kappa shape index (κ2) is 6.51. The maximum Gasteiger partial charge on any atom is 0.163 e. The highest BCUT2D eigenvalue weighted by molar-refractivity contribution is 6.31. The Bertz CT molecular complexity index is 453. The van der Waals surface area contributed by atoms with Gasteiger partial charge in [-0.25, -0.2) is 0 Å². The van der Waals surface area contributed by atoms with Crippen molar-refractivity contribution in [2.24, 2.45) is 0 Å². The second-order valence-electron chi connectivity index (χ2n) is 4.95. The number of benzene rings is 1. The highest BCUT2D eigenvalue weighted by Gasteiger charge is 2.26. The van der Waals surface area contributed by atoms with Crippen LogP contribution in [0.2, 0.25) is 5.02 Å². The van der Waals surface area contributed by atoms with Crippen LogP contribution in [0, 0.1) is 6.92 Å². The van der Waals surface area contributed by atoms with Crippen LogP contribution in [0.4, 0.5) is 0 Å². The number of rotatable bonds is 4. The summed E-state index contributed by atoms with van der Waals surface area (Å²) in [6.07, 6.45) is 2.00. The molecule has 1 aliphatic heterocycles. The third-order valence-corrected chi connectivity index (χ3v) is 3.56. The van der Waals surface area contributed by atoms with E-state index in [0.717, 1.165) is 24.8 Å². The molecule has 0 radical (unpaired) electrons. The predicted molar refractivity (Wildman–Crippen MR) is 74.3 cm³/mol. The molecular weight excluding hydrogens is 264 g/mol. The Morgan fingerprint density at radius 3 is 2.84 bits per heavy atom. The molecule has 1 fully saturated rings. The lowest BCUT2D eigenvalue weighted by molar-refractivity contribution is -0.192. The lowest BCUT2D eigenvalue weighted by atomic mass is 10.0. The van der Waals surface area contributed by atoms with Crippen molar-refractivity contribution in [2.75, 3.05) is 6.61 Å². The van der Waals surface area contributed by atoms with Crippen LogP contribution in [0.3, 0.4) is 0 Å². The number of hydrogen-bond acceptors (Lipinski definition) is 3. The third kappa shape index (κ3) is 3.78. The molecule has 0 N–H and O–H groups in total. The number of halogens is 1. The minimum Gasteiger partial charge on any atom is -0.353 e. The van der Waals surface area contributed by atoms with Crippen molar-refractivity contribution in [3.63, 3.8) is 0 Å². The van der Waals surface area contributed by atoms with E-state index in [9.17, 15) is 4.79 Å². The summed E-state index contributed by atoms with van der Waals surface area (Å²) in [5.74, 6) is -0.0556. The van der Waals surface area contributed by atoms with Crippen molar-refractivity contribution < 1.29 is 14.3 Å². The number of ether oxygens (including phenoxy) is 2. The topological polar surface area (TPSA) is 35.5 Å². The molecule has 1 heterocycles. The largest absolute Gasteiger partial charge is 0.353 e. The van der Waals surface area contributed by atoms with Gasteiger partial charge in [0.15, 0.2) is 12.1 Å². The van der Waals surface area contributed by atoms with Crippen LogP contribution >= 0.6 is 11.6 Å². The third-order valence-electron chi connectivity index (χ3n) is 3.23. The second-order valence-corrected chi connectivity index (χ2v) is 5.36.